The molecule has 0 saturated carbocycles. The molecule has 0 aliphatic carbocycles. The molecule has 18 heavy (non-hydrogen) atoms. The number of rotatable bonds is 3. The fourth-order valence-electron chi connectivity index (χ4n) is 1.55. The molecule has 0 spiro atoms. The van der Waals surface area contributed by atoms with Gasteiger partial charge in [0.05, 0.1) is 15.3 Å². The summed E-state index contributed by atoms with van der Waals surface area (Å²) < 4.78 is 11.0. The molecule has 2 aromatic carbocycles. The summed E-state index contributed by atoms with van der Waals surface area (Å²) in [6.07, 6.45) is 0. The lowest BCUT2D eigenvalue weighted by Gasteiger charge is -2.06. The van der Waals surface area contributed by atoms with Gasteiger partial charge in [-0.15, -0.1) is 0 Å². The second kappa shape index (κ2) is 5.62. The van der Waals surface area contributed by atoms with Gasteiger partial charge in [-0.3, -0.25) is 9.36 Å². The molecule has 0 aliphatic heterocycles. The van der Waals surface area contributed by atoms with E-state index in [9.17, 15) is 9.36 Å². The summed E-state index contributed by atoms with van der Waals surface area (Å²) in [4.78, 5) is 12.2. The molecule has 0 aromatic heterocycles. The monoisotopic (exact) mass is 296 g/mol. The summed E-state index contributed by atoms with van der Waals surface area (Å²) in [6.45, 7) is 0. The van der Waals surface area contributed by atoms with Crippen molar-refractivity contribution in [3.05, 3.63) is 63.6 Å². The highest BCUT2D eigenvalue weighted by atomic mass is 35.5. The Balaban J connectivity index is 2.53. The van der Waals surface area contributed by atoms with E-state index < -0.39 is 0 Å². The fourth-order valence-corrected chi connectivity index (χ4v) is 2.57. The third kappa shape index (κ3) is 2.46. The van der Waals surface area contributed by atoms with Crippen molar-refractivity contribution in [1.29, 1.82) is 0 Å². The highest BCUT2D eigenvalue weighted by Gasteiger charge is 2.17. The molecule has 0 bridgehead atoms. The standard InChI is InChI=1S/C13H7Cl2O2P/c14-10-7-6-9(11(15)13(10)18-17)12(16)8-4-2-1-3-5-8/h1-7H. The molecule has 5 heteroatoms. The first-order valence-corrected chi connectivity index (χ1v) is 6.63. The van der Waals surface area contributed by atoms with Gasteiger partial charge in [-0.2, -0.15) is 0 Å². The molecule has 0 heterocycles. The molecule has 0 aliphatic rings. The van der Waals surface area contributed by atoms with E-state index in [1.165, 1.54) is 12.1 Å². The van der Waals surface area contributed by atoms with Gasteiger partial charge in [0.2, 0.25) is 0 Å². The number of ketones is 1. The zero-order chi connectivity index (χ0) is 13.1. The van der Waals surface area contributed by atoms with Crippen LogP contribution in [0.4, 0.5) is 0 Å². The van der Waals surface area contributed by atoms with Crippen LogP contribution in [0.3, 0.4) is 0 Å². The molecule has 0 fully saturated rings. The first-order valence-electron chi connectivity index (χ1n) is 5.06. The minimum absolute atomic E-state index is 0.132. The summed E-state index contributed by atoms with van der Waals surface area (Å²) in [5.41, 5.74) is 0.820. The smallest absolute Gasteiger partial charge is 0.195 e. The third-order valence-electron chi connectivity index (χ3n) is 2.44. The average molecular weight is 297 g/mol. The lowest BCUT2D eigenvalue weighted by Crippen LogP contribution is -2.08. The molecule has 0 amide bonds. The zero-order valence-electron chi connectivity index (χ0n) is 9.06. The van der Waals surface area contributed by atoms with Crippen LogP contribution >= 0.6 is 31.7 Å². The van der Waals surface area contributed by atoms with Gasteiger partial charge in [0.25, 0.3) is 0 Å². The maximum Gasteiger partial charge on any atom is 0.195 e. The summed E-state index contributed by atoms with van der Waals surface area (Å²) in [7, 11) is -0.304. The predicted molar refractivity (Wildman–Crippen MR) is 73.6 cm³/mol. The molecular weight excluding hydrogens is 290 g/mol. The Morgan fingerprint density at radius 2 is 1.67 bits per heavy atom. The molecule has 0 unspecified atom stereocenters. The van der Waals surface area contributed by atoms with Crippen LogP contribution < -0.4 is 5.30 Å². The molecular formula is C13H7Cl2O2P. The second-order valence-electron chi connectivity index (χ2n) is 3.54. The van der Waals surface area contributed by atoms with E-state index in [1.807, 2.05) is 6.07 Å². The van der Waals surface area contributed by atoms with Crippen LogP contribution in [-0.2, 0) is 4.57 Å². The molecule has 0 radical (unpaired) electrons. The maximum absolute atomic E-state index is 12.2. The zero-order valence-corrected chi connectivity index (χ0v) is 11.5. The first kappa shape index (κ1) is 13.2. The summed E-state index contributed by atoms with van der Waals surface area (Å²) >= 11 is 11.9. The van der Waals surface area contributed by atoms with Crippen molar-refractivity contribution in [1.82, 2.24) is 0 Å². The van der Waals surface area contributed by atoms with Gasteiger partial charge in [-0.05, 0) is 12.1 Å². The Bertz CT molecular complexity index is 612. The molecule has 0 N–H and O–H groups in total. The van der Waals surface area contributed by atoms with E-state index in [0.29, 0.717) is 11.1 Å². The van der Waals surface area contributed by atoms with Crippen molar-refractivity contribution in [3.63, 3.8) is 0 Å². The van der Waals surface area contributed by atoms with Gasteiger partial charge >= 0.3 is 0 Å². The van der Waals surface area contributed by atoms with Gasteiger partial charge in [-0.25, -0.2) is 0 Å². The third-order valence-corrected chi connectivity index (χ3v) is 4.06. The van der Waals surface area contributed by atoms with Crippen LogP contribution in [0, 0.1) is 0 Å². The van der Waals surface area contributed by atoms with Crippen LogP contribution in [0.1, 0.15) is 15.9 Å². The van der Waals surface area contributed by atoms with Crippen molar-refractivity contribution in [2.45, 2.75) is 0 Å². The van der Waals surface area contributed by atoms with Crippen molar-refractivity contribution >= 4 is 42.7 Å². The Labute approximate surface area is 116 Å². The van der Waals surface area contributed by atoms with Crippen molar-refractivity contribution < 1.29 is 9.36 Å². The average Bonchev–Trinajstić information content (AvgIpc) is 2.40. The van der Waals surface area contributed by atoms with Gasteiger partial charge < -0.3 is 0 Å². The Morgan fingerprint density at radius 1 is 1.00 bits per heavy atom. The van der Waals surface area contributed by atoms with Crippen molar-refractivity contribution in [3.8, 4) is 0 Å². The quantitative estimate of drug-likeness (QED) is 0.630. The minimum Gasteiger partial charge on any atom is -0.289 e. The fraction of sp³-hybridized carbons (Fsp3) is 0. The Hall–Kier alpha value is -1.21. The van der Waals surface area contributed by atoms with Crippen LogP contribution in [0.2, 0.25) is 10.0 Å². The van der Waals surface area contributed by atoms with E-state index >= 15 is 0 Å². The Morgan fingerprint density at radius 3 is 2.28 bits per heavy atom. The Kier molecular flexibility index (Phi) is 4.13. The number of benzene rings is 2. The van der Waals surface area contributed by atoms with Gasteiger partial charge in [0, 0.05) is 11.1 Å². The van der Waals surface area contributed by atoms with Crippen molar-refractivity contribution in [2.75, 3.05) is 0 Å². The van der Waals surface area contributed by atoms with E-state index in [4.69, 9.17) is 23.2 Å². The largest absolute Gasteiger partial charge is 0.289 e. The summed E-state index contributed by atoms with van der Waals surface area (Å²) in [5.74, 6) is -0.220. The topological polar surface area (TPSA) is 34.1 Å². The van der Waals surface area contributed by atoms with Crippen molar-refractivity contribution in [2.24, 2.45) is 0 Å². The first-order chi connectivity index (χ1) is 8.65. The highest BCUT2D eigenvalue weighted by molar-refractivity contribution is 7.35. The van der Waals surface area contributed by atoms with Crippen LogP contribution in [-0.4, -0.2) is 5.78 Å². The summed E-state index contributed by atoms with van der Waals surface area (Å²) in [5, 5.41) is 0.648. The molecule has 2 nitrogen and oxygen atoms in total. The molecule has 0 atom stereocenters. The lowest BCUT2D eigenvalue weighted by molar-refractivity contribution is 0.103. The van der Waals surface area contributed by atoms with E-state index in [1.54, 1.807) is 24.3 Å². The maximum atomic E-state index is 12.2. The van der Waals surface area contributed by atoms with Gasteiger partial charge in [-0.1, -0.05) is 53.5 Å². The van der Waals surface area contributed by atoms with Crippen LogP contribution in [0.15, 0.2) is 42.5 Å². The van der Waals surface area contributed by atoms with Crippen LogP contribution in [0.5, 0.6) is 0 Å². The number of halogens is 2. The van der Waals surface area contributed by atoms with Crippen LogP contribution in [0.25, 0.3) is 0 Å². The van der Waals surface area contributed by atoms with E-state index in [-0.39, 0.29) is 29.6 Å². The number of hydrogen-bond donors (Lipinski definition) is 0. The number of carbonyl (C=O) groups excluding carboxylic acids is 1. The minimum atomic E-state index is -0.304. The molecule has 0 saturated heterocycles. The normalized spacial score (nSPS) is 10.6. The second-order valence-corrected chi connectivity index (χ2v) is 4.96. The number of carbonyl (C=O) groups is 1. The lowest BCUT2D eigenvalue weighted by atomic mass is 10.0. The molecule has 2 rings (SSSR count). The molecule has 2 aromatic rings. The molecule has 90 valence electrons. The predicted octanol–water partition coefficient (Wildman–Crippen LogP) is 4.14. The van der Waals surface area contributed by atoms with E-state index in [0.717, 1.165) is 0 Å². The SMILES string of the molecule is O=Pc1c(Cl)ccc(C(=O)c2ccccc2)c1Cl. The van der Waals surface area contributed by atoms with Gasteiger partial charge in [0.15, 0.2) is 14.2 Å². The number of hydrogen-bond acceptors (Lipinski definition) is 2. The highest BCUT2D eigenvalue weighted by Crippen LogP contribution is 2.25. The summed E-state index contributed by atoms with van der Waals surface area (Å²) in [6, 6.07) is 11.8. The van der Waals surface area contributed by atoms with Gasteiger partial charge in [0.1, 0.15) is 0 Å². The van der Waals surface area contributed by atoms with E-state index in [2.05, 4.69) is 0 Å².